The predicted molar refractivity (Wildman–Crippen MR) is 85.9 cm³/mol. The number of allylic oxidation sites excluding steroid dienone is 1. The molecule has 2 bridgehead atoms. The minimum Gasteiger partial charge on any atom is -0.299 e. The Balaban J connectivity index is 1.75. The molecule has 1 heteroatoms. The summed E-state index contributed by atoms with van der Waals surface area (Å²) < 4.78 is 0. The van der Waals surface area contributed by atoms with Crippen LogP contribution in [0.1, 0.15) is 72.1 Å². The van der Waals surface area contributed by atoms with Crippen molar-refractivity contribution in [2.45, 2.75) is 72.1 Å². The van der Waals surface area contributed by atoms with E-state index in [1.54, 1.807) is 5.57 Å². The Hall–Kier alpha value is -0.590. The van der Waals surface area contributed by atoms with E-state index < -0.39 is 0 Å². The summed E-state index contributed by atoms with van der Waals surface area (Å²) in [5.41, 5.74) is 2.40. The Labute approximate surface area is 129 Å². The maximum Gasteiger partial charge on any atom is 0.138 e. The molecule has 0 saturated heterocycles. The topological polar surface area (TPSA) is 17.1 Å². The van der Waals surface area contributed by atoms with Gasteiger partial charge in [0.25, 0.3) is 0 Å². The number of carbonyl (C=O) groups excluding carboxylic acids is 1. The van der Waals surface area contributed by atoms with E-state index in [2.05, 4.69) is 27.4 Å². The van der Waals surface area contributed by atoms with E-state index in [0.29, 0.717) is 22.5 Å². The molecular formula is C20H30O. The first-order valence-electron chi connectivity index (χ1n) is 9.01. The van der Waals surface area contributed by atoms with Gasteiger partial charge >= 0.3 is 0 Å². The molecule has 4 fully saturated rings. The van der Waals surface area contributed by atoms with E-state index in [4.69, 9.17) is 0 Å². The first-order chi connectivity index (χ1) is 9.80. The van der Waals surface area contributed by atoms with Crippen LogP contribution in [0.3, 0.4) is 0 Å². The quantitative estimate of drug-likeness (QED) is 0.562. The molecule has 0 aromatic heterocycles. The molecular weight excluding hydrogens is 256 g/mol. The summed E-state index contributed by atoms with van der Waals surface area (Å²) in [5.74, 6) is 2.78. The third kappa shape index (κ3) is 1.61. The first-order valence-corrected chi connectivity index (χ1v) is 9.01. The highest BCUT2D eigenvalue weighted by molar-refractivity contribution is 5.85. The van der Waals surface area contributed by atoms with Crippen LogP contribution in [-0.2, 0) is 4.79 Å². The molecule has 4 aliphatic rings. The van der Waals surface area contributed by atoms with E-state index >= 15 is 0 Å². The summed E-state index contributed by atoms with van der Waals surface area (Å²) in [5, 5.41) is 0. The maximum atomic E-state index is 12.5. The first kappa shape index (κ1) is 14.0. The number of Topliss-reactive ketones (excluding diaryl/α,β-unsaturated/α-hetero) is 1. The SMILES string of the molecule is C=C1C[C@@]23CC[C@@H]4C(C)(C)C(=O)CC[C@@]4(C)[C@@H]2CC[C@@H]1C3. The second-order valence-electron chi connectivity index (χ2n) is 9.47. The van der Waals surface area contributed by atoms with E-state index in [-0.39, 0.29) is 5.41 Å². The van der Waals surface area contributed by atoms with Crippen molar-refractivity contribution in [3.63, 3.8) is 0 Å². The average Bonchev–Trinajstić information content (AvgIpc) is 2.65. The average molecular weight is 286 g/mol. The van der Waals surface area contributed by atoms with Crippen molar-refractivity contribution in [2.75, 3.05) is 0 Å². The third-order valence-electron chi connectivity index (χ3n) is 8.36. The number of rotatable bonds is 0. The van der Waals surface area contributed by atoms with Gasteiger partial charge in [0.15, 0.2) is 0 Å². The Kier molecular flexibility index (Phi) is 2.69. The van der Waals surface area contributed by atoms with Gasteiger partial charge < -0.3 is 0 Å². The van der Waals surface area contributed by atoms with Crippen LogP contribution in [0.4, 0.5) is 0 Å². The number of carbonyl (C=O) groups is 1. The van der Waals surface area contributed by atoms with Gasteiger partial charge in [0.1, 0.15) is 5.78 Å². The summed E-state index contributed by atoms with van der Waals surface area (Å²) in [7, 11) is 0. The lowest BCUT2D eigenvalue weighted by Gasteiger charge is -2.63. The molecule has 116 valence electrons. The smallest absolute Gasteiger partial charge is 0.138 e. The Morgan fingerprint density at radius 1 is 1.05 bits per heavy atom. The monoisotopic (exact) mass is 286 g/mol. The summed E-state index contributed by atoms with van der Waals surface area (Å²) in [4.78, 5) is 12.5. The standard InChI is InChI=1S/C20H30O/c1-13-11-20-10-7-15-18(2,3)17(21)8-9-19(15,4)16(20)6-5-14(13)12-20/h14-16H,1,5-12H2,2-4H3/t14-,15-,16+,19-,20-/m1/s1. The van der Waals surface area contributed by atoms with Gasteiger partial charge in [0.2, 0.25) is 0 Å². The molecule has 0 aromatic rings. The molecule has 21 heavy (non-hydrogen) atoms. The second-order valence-corrected chi connectivity index (χ2v) is 9.47. The second kappa shape index (κ2) is 4.03. The molecule has 0 amide bonds. The Morgan fingerprint density at radius 3 is 2.57 bits per heavy atom. The number of hydrogen-bond acceptors (Lipinski definition) is 1. The van der Waals surface area contributed by atoms with Crippen LogP contribution in [0, 0.1) is 34.0 Å². The van der Waals surface area contributed by atoms with Crippen LogP contribution < -0.4 is 0 Å². The van der Waals surface area contributed by atoms with Gasteiger partial charge in [-0.15, -0.1) is 0 Å². The summed E-state index contributed by atoms with van der Waals surface area (Å²) in [6, 6.07) is 0. The van der Waals surface area contributed by atoms with Crippen molar-refractivity contribution < 1.29 is 4.79 Å². The molecule has 0 N–H and O–H groups in total. The van der Waals surface area contributed by atoms with Gasteiger partial charge in [0, 0.05) is 11.8 Å². The zero-order valence-electron chi connectivity index (χ0n) is 14.0. The van der Waals surface area contributed by atoms with Gasteiger partial charge in [-0.2, -0.15) is 0 Å². The number of fused-ring (bicyclic) bond motifs is 3. The molecule has 0 unspecified atom stereocenters. The molecule has 4 aliphatic carbocycles. The minimum atomic E-state index is -0.0962. The van der Waals surface area contributed by atoms with Crippen LogP contribution >= 0.6 is 0 Å². The third-order valence-corrected chi connectivity index (χ3v) is 8.36. The largest absolute Gasteiger partial charge is 0.299 e. The summed E-state index contributed by atoms with van der Waals surface area (Å²) in [6.07, 6.45) is 10.0. The molecule has 5 atom stereocenters. The fourth-order valence-electron chi connectivity index (χ4n) is 7.38. The highest BCUT2D eigenvalue weighted by Gasteiger charge is 2.64. The zero-order valence-corrected chi connectivity index (χ0v) is 14.0. The highest BCUT2D eigenvalue weighted by atomic mass is 16.1. The van der Waals surface area contributed by atoms with Crippen molar-refractivity contribution in [3.8, 4) is 0 Å². The van der Waals surface area contributed by atoms with Crippen LogP contribution in [0.2, 0.25) is 0 Å². The summed E-state index contributed by atoms with van der Waals surface area (Å²) >= 11 is 0. The molecule has 1 spiro atoms. The van der Waals surface area contributed by atoms with Crippen molar-refractivity contribution >= 4 is 5.78 Å². The van der Waals surface area contributed by atoms with Gasteiger partial charge in [-0.3, -0.25) is 4.79 Å². The number of hydrogen-bond donors (Lipinski definition) is 0. The van der Waals surface area contributed by atoms with Crippen LogP contribution in [-0.4, -0.2) is 5.78 Å². The van der Waals surface area contributed by atoms with Crippen molar-refractivity contribution in [1.29, 1.82) is 0 Å². The van der Waals surface area contributed by atoms with E-state index in [1.807, 2.05) is 0 Å². The van der Waals surface area contributed by atoms with Gasteiger partial charge in [-0.05, 0) is 73.5 Å². The minimum absolute atomic E-state index is 0.0962. The lowest BCUT2D eigenvalue weighted by atomic mass is 9.41. The molecule has 0 heterocycles. The van der Waals surface area contributed by atoms with Gasteiger partial charge in [-0.1, -0.05) is 32.9 Å². The predicted octanol–water partition coefficient (Wildman–Crippen LogP) is 5.15. The van der Waals surface area contributed by atoms with Crippen LogP contribution in [0.5, 0.6) is 0 Å². The highest BCUT2D eigenvalue weighted by Crippen LogP contribution is 2.71. The fourth-order valence-corrected chi connectivity index (χ4v) is 7.38. The van der Waals surface area contributed by atoms with Gasteiger partial charge in [0.05, 0.1) is 0 Å². The Bertz CT molecular complexity index is 516. The van der Waals surface area contributed by atoms with Gasteiger partial charge in [-0.25, -0.2) is 0 Å². The van der Waals surface area contributed by atoms with E-state index in [9.17, 15) is 4.79 Å². The Morgan fingerprint density at radius 2 is 1.81 bits per heavy atom. The van der Waals surface area contributed by atoms with Crippen molar-refractivity contribution in [3.05, 3.63) is 12.2 Å². The molecule has 4 saturated carbocycles. The van der Waals surface area contributed by atoms with Crippen molar-refractivity contribution in [1.82, 2.24) is 0 Å². The summed E-state index contributed by atoms with van der Waals surface area (Å²) in [6.45, 7) is 11.4. The molecule has 0 radical (unpaired) electrons. The van der Waals surface area contributed by atoms with E-state index in [0.717, 1.165) is 24.7 Å². The zero-order chi connectivity index (χ0) is 15.0. The normalized spacial score (nSPS) is 51.5. The fraction of sp³-hybridized carbons (Fsp3) is 0.850. The molecule has 1 nitrogen and oxygen atoms in total. The van der Waals surface area contributed by atoms with Crippen LogP contribution in [0.15, 0.2) is 12.2 Å². The maximum absolute atomic E-state index is 12.5. The van der Waals surface area contributed by atoms with Crippen molar-refractivity contribution in [2.24, 2.45) is 34.0 Å². The lowest BCUT2D eigenvalue weighted by molar-refractivity contribution is -0.165. The van der Waals surface area contributed by atoms with Crippen LogP contribution in [0.25, 0.3) is 0 Å². The molecule has 0 aromatic carbocycles. The molecule has 0 aliphatic heterocycles. The lowest BCUT2D eigenvalue weighted by Crippen LogP contribution is -2.58. The van der Waals surface area contributed by atoms with E-state index in [1.165, 1.54) is 38.5 Å². The molecule has 4 rings (SSSR count). The number of ketones is 1.